The van der Waals surface area contributed by atoms with E-state index >= 15 is 0 Å². The molecule has 0 aromatic rings. The summed E-state index contributed by atoms with van der Waals surface area (Å²) in [6.07, 6.45) is 7.15. The lowest BCUT2D eigenvalue weighted by Crippen LogP contribution is -2.08. The number of esters is 1. The number of carbonyl (C=O) groups excluding carboxylic acids is 1. The first-order chi connectivity index (χ1) is 8.10. The van der Waals surface area contributed by atoms with Crippen LogP contribution < -0.4 is 0 Å². The Morgan fingerprint density at radius 1 is 1.47 bits per heavy atom. The van der Waals surface area contributed by atoms with E-state index in [4.69, 9.17) is 4.74 Å². The van der Waals surface area contributed by atoms with Crippen molar-refractivity contribution in [1.29, 1.82) is 0 Å². The van der Waals surface area contributed by atoms with Gasteiger partial charge in [0.1, 0.15) is 0 Å². The van der Waals surface area contributed by atoms with Gasteiger partial charge in [0.15, 0.2) is 0 Å². The summed E-state index contributed by atoms with van der Waals surface area (Å²) < 4.78 is 4.96. The van der Waals surface area contributed by atoms with Crippen molar-refractivity contribution in [2.45, 2.75) is 59.3 Å². The van der Waals surface area contributed by atoms with Crippen LogP contribution in [0.3, 0.4) is 0 Å². The van der Waals surface area contributed by atoms with E-state index in [0.717, 1.165) is 24.2 Å². The summed E-state index contributed by atoms with van der Waals surface area (Å²) in [5.41, 5.74) is 0.703. The molecule has 2 heteroatoms. The predicted octanol–water partition coefficient (Wildman–Crippen LogP) is 3.79. The zero-order valence-corrected chi connectivity index (χ0v) is 11.5. The second-order valence-electron chi connectivity index (χ2n) is 6.19. The Morgan fingerprint density at radius 3 is 2.76 bits per heavy atom. The van der Waals surface area contributed by atoms with Crippen molar-refractivity contribution >= 4 is 5.97 Å². The van der Waals surface area contributed by atoms with Gasteiger partial charge in [-0.2, -0.15) is 0 Å². The molecule has 2 fully saturated rings. The lowest BCUT2D eigenvalue weighted by molar-refractivity contribution is -0.143. The van der Waals surface area contributed by atoms with Gasteiger partial charge >= 0.3 is 5.97 Å². The average molecular weight is 238 g/mol. The van der Waals surface area contributed by atoms with Crippen LogP contribution in [0.25, 0.3) is 0 Å². The Balaban J connectivity index is 1.68. The molecular formula is C15H26O2. The molecule has 0 heterocycles. The Hall–Kier alpha value is -0.530. The summed E-state index contributed by atoms with van der Waals surface area (Å²) >= 11 is 0. The molecule has 0 radical (unpaired) electrons. The van der Waals surface area contributed by atoms with Gasteiger partial charge in [-0.3, -0.25) is 4.79 Å². The monoisotopic (exact) mass is 238 g/mol. The zero-order valence-electron chi connectivity index (χ0n) is 11.5. The molecule has 0 aromatic heterocycles. The van der Waals surface area contributed by atoms with Crippen molar-refractivity contribution in [2.75, 3.05) is 6.61 Å². The molecule has 0 spiro atoms. The molecule has 0 bridgehead atoms. The van der Waals surface area contributed by atoms with Crippen molar-refractivity contribution in [2.24, 2.45) is 23.2 Å². The molecular weight excluding hydrogens is 212 g/mol. The average Bonchev–Trinajstić information content (AvgIpc) is 2.91. The summed E-state index contributed by atoms with van der Waals surface area (Å²) in [6, 6.07) is 0. The minimum atomic E-state index is -0.0172. The second kappa shape index (κ2) is 4.99. The highest BCUT2D eigenvalue weighted by atomic mass is 16.5. The van der Waals surface area contributed by atoms with E-state index in [0.29, 0.717) is 18.4 Å². The van der Waals surface area contributed by atoms with Crippen molar-refractivity contribution in [3.05, 3.63) is 0 Å². The maximum atomic E-state index is 11.3. The number of ether oxygens (including phenoxy) is 1. The first-order valence-electron chi connectivity index (χ1n) is 7.25. The first kappa shape index (κ1) is 12.9. The molecule has 0 amide bonds. The van der Waals surface area contributed by atoms with E-state index < -0.39 is 0 Å². The lowest BCUT2D eigenvalue weighted by atomic mass is 9.90. The summed E-state index contributed by atoms with van der Waals surface area (Å²) in [5, 5.41) is 0. The molecule has 0 saturated heterocycles. The summed E-state index contributed by atoms with van der Waals surface area (Å²) in [6.45, 7) is 7.14. The van der Waals surface area contributed by atoms with Gasteiger partial charge in [-0.25, -0.2) is 0 Å². The van der Waals surface area contributed by atoms with Gasteiger partial charge in [0.2, 0.25) is 0 Å². The minimum absolute atomic E-state index is 0.0172. The molecule has 0 aromatic carbocycles. The van der Waals surface area contributed by atoms with E-state index in [1.54, 1.807) is 0 Å². The SMILES string of the molecule is CCOC(=O)CCCC1CCC2(C(C)C)CC12. The standard InChI is InChI=1S/C15H26O2/c1-4-17-14(16)7-5-6-12-8-9-15(11(2)3)10-13(12)15/h11-13H,4-10H2,1-3H3. The van der Waals surface area contributed by atoms with Crippen molar-refractivity contribution in [1.82, 2.24) is 0 Å². The summed E-state index contributed by atoms with van der Waals surface area (Å²) in [4.78, 5) is 11.3. The van der Waals surface area contributed by atoms with E-state index in [9.17, 15) is 4.79 Å². The molecule has 3 atom stereocenters. The number of fused-ring (bicyclic) bond motifs is 1. The molecule has 2 aliphatic carbocycles. The molecule has 2 aliphatic rings. The molecule has 2 saturated carbocycles. The number of carbonyl (C=O) groups is 1. The van der Waals surface area contributed by atoms with Gasteiger partial charge in [0.05, 0.1) is 6.61 Å². The highest BCUT2D eigenvalue weighted by Gasteiger charge is 2.61. The molecule has 2 nitrogen and oxygen atoms in total. The van der Waals surface area contributed by atoms with Gasteiger partial charge in [0, 0.05) is 6.42 Å². The largest absolute Gasteiger partial charge is 0.466 e. The quantitative estimate of drug-likeness (QED) is 0.658. The maximum absolute atomic E-state index is 11.3. The molecule has 0 aliphatic heterocycles. The predicted molar refractivity (Wildman–Crippen MR) is 68.6 cm³/mol. The maximum Gasteiger partial charge on any atom is 0.305 e. The van der Waals surface area contributed by atoms with E-state index in [2.05, 4.69) is 13.8 Å². The van der Waals surface area contributed by atoms with Crippen LogP contribution in [-0.4, -0.2) is 12.6 Å². The third kappa shape index (κ3) is 2.51. The number of hydrogen-bond acceptors (Lipinski definition) is 2. The van der Waals surface area contributed by atoms with Crippen molar-refractivity contribution in [3.63, 3.8) is 0 Å². The summed E-state index contributed by atoms with van der Waals surface area (Å²) in [7, 11) is 0. The Bertz CT molecular complexity index is 285. The van der Waals surface area contributed by atoms with Crippen LogP contribution in [0.4, 0.5) is 0 Å². The van der Waals surface area contributed by atoms with Crippen LogP contribution in [0.2, 0.25) is 0 Å². The Labute approximate surface area is 105 Å². The molecule has 2 rings (SSSR count). The fourth-order valence-corrected chi connectivity index (χ4v) is 3.97. The smallest absolute Gasteiger partial charge is 0.305 e. The highest BCUT2D eigenvalue weighted by molar-refractivity contribution is 5.69. The van der Waals surface area contributed by atoms with Gasteiger partial charge in [0.25, 0.3) is 0 Å². The van der Waals surface area contributed by atoms with Gasteiger partial charge in [-0.1, -0.05) is 13.8 Å². The number of rotatable bonds is 6. The van der Waals surface area contributed by atoms with Crippen LogP contribution >= 0.6 is 0 Å². The molecule has 0 N–H and O–H groups in total. The van der Waals surface area contributed by atoms with Crippen LogP contribution in [0, 0.1) is 23.2 Å². The molecule has 3 unspecified atom stereocenters. The lowest BCUT2D eigenvalue weighted by Gasteiger charge is -2.15. The fourth-order valence-electron chi connectivity index (χ4n) is 3.97. The van der Waals surface area contributed by atoms with Crippen molar-refractivity contribution in [3.8, 4) is 0 Å². The van der Waals surface area contributed by atoms with Crippen LogP contribution in [0.5, 0.6) is 0 Å². The zero-order chi connectivity index (χ0) is 12.5. The van der Waals surface area contributed by atoms with Crippen molar-refractivity contribution < 1.29 is 9.53 Å². The minimum Gasteiger partial charge on any atom is -0.466 e. The molecule has 98 valence electrons. The van der Waals surface area contributed by atoms with Gasteiger partial charge < -0.3 is 4.74 Å². The van der Waals surface area contributed by atoms with Crippen LogP contribution in [0.1, 0.15) is 59.3 Å². The first-order valence-corrected chi connectivity index (χ1v) is 7.25. The molecule has 17 heavy (non-hydrogen) atoms. The second-order valence-corrected chi connectivity index (χ2v) is 6.19. The van der Waals surface area contributed by atoms with Crippen LogP contribution in [-0.2, 0) is 9.53 Å². The topological polar surface area (TPSA) is 26.3 Å². The fraction of sp³-hybridized carbons (Fsp3) is 0.933. The van der Waals surface area contributed by atoms with E-state index in [1.165, 1.54) is 25.7 Å². The van der Waals surface area contributed by atoms with Crippen LogP contribution in [0.15, 0.2) is 0 Å². The Kier molecular flexibility index (Phi) is 3.79. The van der Waals surface area contributed by atoms with Gasteiger partial charge in [-0.05, 0) is 62.2 Å². The van der Waals surface area contributed by atoms with Gasteiger partial charge in [-0.15, -0.1) is 0 Å². The van der Waals surface area contributed by atoms with E-state index in [1.807, 2.05) is 6.92 Å². The Morgan fingerprint density at radius 2 is 2.24 bits per heavy atom. The third-order valence-electron chi connectivity index (χ3n) is 5.14. The number of hydrogen-bond donors (Lipinski definition) is 0. The summed E-state index contributed by atoms with van der Waals surface area (Å²) in [5.74, 6) is 2.70. The normalized spacial score (nSPS) is 34.8. The third-order valence-corrected chi connectivity index (χ3v) is 5.14. The highest BCUT2D eigenvalue weighted by Crippen LogP contribution is 2.70. The van der Waals surface area contributed by atoms with E-state index in [-0.39, 0.29) is 5.97 Å².